The van der Waals surface area contributed by atoms with E-state index in [0.29, 0.717) is 19.3 Å². The number of carbonyl (C=O) groups excluding carboxylic acids is 1. The summed E-state index contributed by atoms with van der Waals surface area (Å²) >= 11 is 3.33. The van der Waals surface area contributed by atoms with E-state index in [0.717, 1.165) is 10.0 Å². The van der Waals surface area contributed by atoms with Crippen LogP contribution in [0.3, 0.4) is 0 Å². The first-order valence-corrected chi connectivity index (χ1v) is 7.51. The van der Waals surface area contributed by atoms with Gasteiger partial charge in [-0.25, -0.2) is 0 Å². The summed E-state index contributed by atoms with van der Waals surface area (Å²) in [6.45, 7) is 0. The summed E-state index contributed by atoms with van der Waals surface area (Å²) in [5.74, 6) is -2.64. The Morgan fingerprint density at radius 1 is 1.20 bits per heavy atom. The van der Waals surface area contributed by atoms with Gasteiger partial charge < -0.3 is 0 Å². The Morgan fingerprint density at radius 2 is 1.85 bits per heavy atom. The molecule has 0 spiro atoms. The summed E-state index contributed by atoms with van der Waals surface area (Å²) in [5.41, 5.74) is 0.754. The normalized spacial score (nSPS) is 23.6. The van der Waals surface area contributed by atoms with E-state index in [2.05, 4.69) is 15.9 Å². The lowest BCUT2D eigenvalue weighted by molar-refractivity contribution is -0.197. The standard InChI is InChI=1S/C15H16BrF3O/c16-13-8-4-1-5-10(13)9-14(20)11-6-2-3-7-12(11)15(17,18)19/h1,4-5,8,11-12H,2-3,6-7,9H2. The minimum Gasteiger partial charge on any atom is -0.299 e. The Balaban J connectivity index is 2.13. The van der Waals surface area contributed by atoms with Crippen LogP contribution in [0.2, 0.25) is 0 Å². The van der Waals surface area contributed by atoms with Crippen molar-refractivity contribution in [1.29, 1.82) is 0 Å². The van der Waals surface area contributed by atoms with Gasteiger partial charge in [-0.2, -0.15) is 13.2 Å². The summed E-state index contributed by atoms with van der Waals surface area (Å²) < 4.78 is 39.8. The minimum absolute atomic E-state index is 0.0681. The van der Waals surface area contributed by atoms with Crippen LogP contribution < -0.4 is 0 Å². The van der Waals surface area contributed by atoms with Crippen molar-refractivity contribution in [1.82, 2.24) is 0 Å². The largest absolute Gasteiger partial charge is 0.392 e. The molecule has 1 fully saturated rings. The zero-order valence-electron chi connectivity index (χ0n) is 10.9. The third kappa shape index (κ3) is 3.62. The lowest BCUT2D eigenvalue weighted by Gasteiger charge is -2.32. The van der Waals surface area contributed by atoms with E-state index in [1.807, 2.05) is 6.07 Å². The number of carbonyl (C=O) groups is 1. The first kappa shape index (κ1) is 15.5. The summed E-state index contributed by atoms with van der Waals surface area (Å²) in [6, 6.07) is 7.17. The molecule has 1 aromatic rings. The number of ketones is 1. The van der Waals surface area contributed by atoms with Gasteiger partial charge in [-0.3, -0.25) is 4.79 Å². The number of alkyl halides is 3. The average Bonchev–Trinajstić information content (AvgIpc) is 2.40. The van der Waals surface area contributed by atoms with E-state index in [1.165, 1.54) is 0 Å². The van der Waals surface area contributed by atoms with Crippen molar-refractivity contribution in [2.75, 3.05) is 0 Å². The molecule has 1 nitrogen and oxygen atoms in total. The number of Topliss-reactive ketones (excluding diaryl/α,β-unsaturated/α-hetero) is 1. The topological polar surface area (TPSA) is 17.1 Å². The molecule has 0 radical (unpaired) electrons. The molecule has 2 rings (SSSR count). The van der Waals surface area contributed by atoms with Crippen LogP contribution in [-0.4, -0.2) is 12.0 Å². The predicted molar refractivity (Wildman–Crippen MR) is 74.4 cm³/mol. The fourth-order valence-corrected chi connectivity index (χ4v) is 3.29. The number of rotatable bonds is 3. The monoisotopic (exact) mass is 348 g/mol. The van der Waals surface area contributed by atoms with Gasteiger partial charge in [-0.05, 0) is 24.5 Å². The Labute approximate surface area is 124 Å². The maximum Gasteiger partial charge on any atom is 0.392 e. The van der Waals surface area contributed by atoms with Crippen LogP contribution in [0.1, 0.15) is 31.2 Å². The van der Waals surface area contributed by atoms with Crippen LogP contribution in [-0.2, 0) is 11.2 Å². The molecule has 1 saturated carbocycles. The highest BCUT2D eigenvalue weighted by Crippen LogP contribution is 2.42. The molecule has 0 aliphatic heterocycles. The highest BCUT2D eigenvalue weighted by atomic mass is 79.9. The highest BCUT2D eigenvalue weighted by Gasteiger charge is 2.47. The van der Waals surface area contributed by atoms with Crippen LogP contribution in [0.15, 0.2) is 28.7 Å². The molecule has 0 N–H and O–H groups in total. The molecule has 5 heteroatoms. The van der Waals surface area contributed by atoms with E-state index in [-0.39, 0.29) is 18.6 Å². The molecule has 1 aromatic carbocycles. The van der Waals surface area contributed by atoms with E-state index < -0.39 is 18.0 Å². The Hall–Kier alpha value is -0.840. The summed E-state index contributed by atoms with van der Waals surface area (Å²) in [6.07, 6.45) is -2.50. The van der Waals surface area contributed by atoms with Crippen LogP contribution in [0.25, 0.3) is 0 Å². The average molecular weight is 349 g/mol. The lowest BCUT2D eigenvalue weighted by atomic mass is 9.75. The number of benzene rings is 1. The summed E-state index contributed by atoms with van der Waals surface area (Å²) in [4.78, 5) is 12.3. The molecule has 0 amide bonds. The van der Waals surface area contributed by atoms with Gasteiger partial charge in [0.25, 0.3) is 0 Å². The van der Waals surface area contributed by atoms with Gasteiger partial charge in [0.15, 0.2) is 0 Å². The van der Waals surface area contributed by atoms with Crippen LogP contribution in [0.5, 0.6) is 0 Å². The molecular weight excluding hydrogens is 333 g/mol. The number of hydrogen-bond acceptors (Lipinski definition) is 1. The molecule has 1 aliphatic carbocycles. The minimum atomic E-state index is -4.27. The van der Waals surface area contributed by atoms with Crippen molar-refractivity contribution in [2.24, 2.45) is 11.8 Å². The first-order valence-electron chi connectivity index (χ1n) is 6.72. The maximum absolute atomic E-state index is 13.0. The summed E-state index contributed by atoms with van der Waals surface area (Å²) in [7, 11) is 0. The molecule has 20 heavy (non-hydrogen) atoms. The molecule has 1 aliphatic rings. The van der Waals surface area contributed by atoms with Crippen molar-refractivity contribution in [3.63, 3.8) is 0 Å². The van der Waals surface area contributed by atoms with Crippen molar-refractivity contribution in [3.8, 4) is 0 Å². The maximum atomic E-state index is 13.0. The Kier molecular flexibility index (Phi) is 4.89. The first-order chi connectivity index (χ1) is 9.39. The molecule has 0 heterocycles. The van der Waals surface area contributed by atoms with Crippen molar-refractivity contribution < 1.29 is 18.0 Å². The van der Waals surface area contributed by atoms with Gasteiger partial charge in [0.1, 0.15) is 5.78 Å². The second kappa shape index (κ2) is 6.29. The van der Waals surface area contributed by atoms with Crippen LogP contribution in [0, 0.1) is 11.8 Å². The third-order valence-electron chi connectivity index (χ3n) is 3.92. The zero-order chi connectivity index (χ0) is 14.8. The van der Waals surface area contributed by atoms with Crippen LogP contribution >= 0.6 is 15.9 Å². The van der Waals surface area contributed by atoms with E-state index in [1.54, 1.807) is 18.2 Å². The Bertz CT molecular complexity index is 484. The zero-order valence-corrected chi connectivity index (χ0v) is 12.5. The fourth-order valence-electron chi connectivity index (χ4n) is 2.87. The number of hydrogen-bond donors (Lipinski definition) is 0. The molecule has 110 valence electrons. The molecule has 2 unspecified atom stereocenters. The van der Waals surface area contributed by atoms with Crippen molar-refractivity contribution >= 4 is 21.7 Å². The van der Waals surface area contributed by atoms with Crippen molar-refractivity contribution in [3.05, 3.63) is 34.3 Å². The third-order valence-corrected chi connectivity index (χ3v) is 4.70. The lowest BCUT2D eigenvalue weighted by Crippen LogP contribution is -2.37. The smallest absolute Gasteiger partial charge is 0.299 e. The molecular formula is C15H16BrF3O. The van der Waals surface area contributed by atoms with Crippen LogP contribution in [0.4, 0.5) is 13.2 Å². The second-order valence-electron chi connectivity index (χ2n) is 5.27. The van der Waals surface area contributed by atoms with Crippen molar-refractivity contribution in [2.45, 2.75) is 38.3 Å². The molecule has 0 aromatic heterocycles. The van der Waals surface area contributed by atoms with E-state index >= 15 is 0 Å². The quantitative estimate of drug-likeness (QED) is 0.756. The summed E-state index contributed by atoms with van der Waals surface area (Å²) in [5, 5.41) is 0. The predicted octanol–water partition coefficient (Wildman–Crippen LogP) is 4.93. The van der Waals surface area contributed by atoms with E-state index in [4.69, 9.17) is 0 Å². The SMILES string of the molecule is O=C(Cc1ccccc1Br)C1CCCCC1C(F)(F)F. The van der Waals surface area contributed by atoms with Gasteiger partial charge in [0.05, 0.1) is 5.92 Å². The number of halogens is 4. The fraction of sp³-hybridized carbons (Fsp3) is 0.533. The van der Waals surface area contributed by atoms with Gasteiger partial charge in [-0.15, -0.1) is 0 Å². The highest BCUT2D eigenvalue weighted by molar-refractivity contribution is 9.10. The van der Waals surface area contributed by atoms with Gasteiger partial charge in [-0.1, -0.05) is 47.0 Å². The Morgan fingerprint density at radius 3 is 2.50 bits per heavy atom. The molecule has 0 saturated heterocycles. The van der Waals surface area contributed by atoms with E-state index in [9.17, 15) is 18.0 Å². The van der Waals surface area contributed by atoms with Gasteiger partial charge in [0, 0.05) is 16.8 Å². The second-order valence-corrected chi connectivity index (χ2v) is 6.13. The van der Waals surface area contributed by atoms with Gasteiger partial charge >= 0.3 is 6.18 Å². The molecule has 2 atom stereocenters. The molecule has 0 bridgehead atoms. The van der Waals surface area contributed by atoms with Gasteiger partial charge in [0.2, 0.25) is 0 Å².